The molecule has 4 N–H and O–H groups in total. The van der Waals surface area contributed by atoms with Gasteiger partial charge < -0.3 is 29.9 Å². The van der Waals surface area contributed by atoms with Crippen LogP contribution >= 0.6 is 0 Å². The van der Waals surface area contributed by atoms with Gasteiger partial charge in [0.15, 0.2) is 11.5 Å². The molecule has 0 radical (unpaired) electrons. The monoisotopic (exact) mass is 388 g/mol. The normalized spacial score (nSPS) is 10.7. The molecule has 0 spiro atoms. The number of aromatic hydroxyl groups is 1. The summed E-state index contributed by atoms with van der Waals surface area (Å²) in [6.07, 6.45) is 3.60. The first-order valence-corrected chi connectivity index (χ1v) is 7.82. The summed E-state index contributed by atoms with van der Waals surface area (Å²) in [6.45, 7) is 0. The van der Waals surface area contributed by atoms with Gasteiger partial charge >= 0.3 is 11.9 Å². The number of aliphatic carboxylic acids is 2. The van der Waals surface area contributed by atoms with E-state index in [0.717, 1.165) is 12.2 Å². The molecule has 28 heavy (non-hydrogen) atoms. The number of phenolic OH excluding ortho intramolecular Hbond substituents is 1. The first-order chi connectivity index (χ1) is 13.3. The first kappa shape index (κ1) is 22.1. The molecule has 0 aliphatic carbocycles. The Hall–Kier alpha value is -3.94. The molecule has 0 unspecified atom stereocenters. The molecule has 0 heterocycles. The van der Waals surface area contributed by atoms with Crippen molar-refractivity contribution in [1.82, 2.24) is 0 Å². The minimum absolute atomic E-state index is 0.0278. The van der Waals surface area contributed by atoms with Crippen LogP contribution in [0.2, 0.25) is 0 Å². The molecule has 8 nitrogen and oxygen atoms in total. The zero-order valence-electron chi connectivity index (χ0n) is 15.2. The summed E-state index contributed by atoms with van der Waals surface area (Å²) in [5.41, 5.74) is 1.23. The van der Waals surface area contributed by atoms with Crippen molar-refractivity contribution in [2.45, 2.75) is 0 Å². The van der Waals surface area contributed by atoms with E-state index in [-0.39, 0.29) is 5.75 Å². The summed E-state index contributed by atoms with van der Waals surface area (Å²) >= 11 is 0. The third kappa shape index (κ3) is 7.52. The lowest BCUT2D eigenvalue weighted by molar-refractivity contribution is -0.135. The predicted octanol–water partition coefficient (Wildman–Crippen LogP) is 3.18. The highest BCUT2D eigenvalue weighted by atomic mass is 16.5. The Morgan fingerprint density at radius 2 is 1.64 bits per heavy atom. The number of carboxylic acid groups (broad SMARTS) is 2. The van der Waals surface area contributed by atoms with E-state index in [1.54, 1.807) is 36.4 Å². The summed E-state index contributed by atoms with van der Waals surface area (Å²) in [7, 11) is 2.94. The molecule has 0 aromatic heterocycles. The smallest absolute Gasteiger partial charge is 0.370 e. The number of benzene rings is 2. The molecule has 8 heteroatoms. The van der Waals surface area contributed by atoms with Crippen LogP contribution in [-0.4, -0.2) is 46.6 Å². The summed E-state index contributed by atoms with van der Waals surface area (Å²) in [5.74, 6) is -2.11. The predicted molar refractivity (Wildman–Crippen MR) is 103 cm³/mol. The van der Waals surface area contributed by atoms with Crippen LogP contribution in [0.5, 0.6) is 17.2 Å². The number of hydrogen-bond acceptors (Lipinski definition) is 6. The third-order valence-corrected chi connectivity index (χ3v) is 3.24. The molecule has 0 saturated heterocycles. The van der Waals surface area contributed by atoms with Crippen molar-refractivity contribution in [1.29, 1.82) is 0 Å². The van der Waals surface area contributed by atoms with Crippen LogP contribution in [0.15, 0.2) is 54.3 Å². The first-order valence-electron chi connectivity index (χ1n) is 7.82. The van der Waals surface area contributed by atoms with Gasteiger partial charge in [-0.05, 0) is 47.5 Å². The van der Waals surface area contributed by atoms with Gasteiger partial charge in [-0.2, -0.15) is 0 Å². The number of phenols is 1. The third-order valence-electron chi connectivity index (χ3n) is 3.24. The Labute approximate surface area is 161 Å². The molecule has 148 valence electrons. The van der Waals surface area contributed by atoms with E-state index in [0.29, 0.717) is 22.6 Å². The number of aliphatic hydroxyl groups excluding tert-OH is 1. The van der Waals surface area contributed by atoms with Gasteiger partial charge in [-0.25, -0.2) is 9.59 Å². The molecule has 2 aromatic carbocycles. The Morgan fingerprint density at radius 3 is 2.21 bits per heavy atom. The summed E-state index contributed by atoms with van der Waals surface area (Å²) in [5, 5.41) is 35.0. The van der Waals surface area contributed by atoms with E-state index in [1.165, 1.54) is 26.4 Å². The lowest BCUT2D eigenvalue weighted by atomic mass is 10.2. The highest BCUT2D eigenvalue weighted by Crippen LogP contribution is 2.26. The molecule has 2 aromatic rings. The number of rotatable bonds is 6. The van der Waals surface area contributed by atoms with E-state index in [1.807, 2.05) is 0 Å². The molecule has 0 aliphatic rings. The molecule has 0 fully saturated rings. The second-order valence-corrected chi connectivity index (χ2v) is 5.21. The maximum absolute atomic E-state index is 10.3. The fourth-order valence-corrected chi connectivity index (χ4v) is 1.92. The number of aliphatic hydroxyl groups is 1. The lowest BCUT2D eigenvalue weighted by Crippen LogP contribution is -1.98. The van der Waals surface area contributed by atoms with Gasteiger partial charge in [-0.15, -0.1) is 0 Å². The topological polar surface area (TPSA) is 134 Å². The van der Waals surface area contributed by atoms with E-state index < -0.39 is 17.7 Å². The van der Waals surface area contributed by atoms with Crippen LogP contribution in [0.1, 0.15) is 11.1 Å². The average Bonchev–Trinajstić information content (AvgIpc) is 2.67. The van der Waals surface area contributed by atoms with Gasteiger partial charge in [0.25, 0.3) is 0 Å². The maximum Gasteiger partial charge on any atom is 0.370 e. The summed E-state index contributed by atoms with van der Waals surface area (Å²) in [4.78, 5) is 20.5. The molecule has 0 aliphatic heterocycles. The Balaban J connectivity index is 0.000000280. The van der Waals surface area contributed by atoms with Gasteiger partial charge in [0.1, 0.15) is 5.75 Å². The summed E-state index contributed by atoms with van der Waals surface area (Å²) < 4.78 is 9.80. The minimum Gasteiger partial charge on any atom is -0.504 e. The average molecular weight is 388 g/mol. The number of hydrogen-bond donors (Lipinski definition) is 4. The molecule has 2 rings (SSSR count). The van der Waals surface area contributed by atoms with Gasteiger partial charge in [-0.1, -0.05) is 18.2 Å². The van der Waals surface area contributed by atoms with Crippen LogP contribution in [0.4, 0.5) is 0 Å². The van der Waals surface area contributed by atoms with Gasteiger partial charge in [0.2, 0.25) is 5.76 Å². The van der Waals surface area contributed by atoms with Crippen LogP contribution in [0, 0.1) is 0 Å². The van der Waals surface area contributed by atoms with Crippen LogP contribution in [-0.2, 0) is 9.59 Å². The molecule has 0 atom stereocenters. The Kier molecular flexibility index (Phi) is 8.62. The van der Waals surface area contributed by atoms with Gasteiger partial charge in [0, 0.05) is 6.08 Å². The quantitative estimate of drug-likeness (QED) is 0.438. The second kappa shape index (κ2) is 10.9. The lowest BCUT2D eigenvalue weighted by Gasteiger charge is -2.03. The van der Waals surface area contributed by atoms with Crippen molar-refractivity contribution in [3.05, 3.63) is 65.4 Å². The van der Waals surface area contributed by atoms with E-state index >= 15 is 0 Å². The number of ether oxygens (including phenoxy) is 2. The number of carbonyl (C=O) groups is 2. The van der Waals surface area contributed by atoms with Gasteiger partial charge in [0.05, 0.1) is 14.2 Å². The number of carboxylic acids is 2. The van der Waals surface area contributed by atoms with Crippen LogP contribution in [0.25, 0.3) is 12.2 Å². The zero-order valence-corrected chi connectivity index (χ0v) is 15.2. The van der Waals surface area contributed by atoms with Crippen LogP contribution < -0.4 is 9.47 Å². The molecular weight excluding hydrogens is 368 g/mol. The van der Waals surface area contributed by atoms with Crippen molar-refractivity contribution in [2.24, 2.45) is 0 Å². The molecular formula is C20H20O8. The van der Waals surface area contributed by atoms with Crippen molar-refractivity contribution in [3.63, 3.8) is 0 Å². The Bertz CT molecular complexity index is 884. The Morgan fingerprint density at radius 1 is 0.929 bits per heavy atom. The molecule has 0 bridgehead atoms. The van der Waals surface area contributed by atoms with Crippen molar-refractivity contribution in [3.8, 4) is 17.2 Å². The van der Waals surface area contributed by atoms with E-state index in [4.69, 9.17) is 24.8 Å². The second-order valence-electron chi connectivity index (χ2n) is 5.21. The fraction of sp³-hybridized carbons (Fsp3) is 0.100. The van der Waals surface area contributed by atoms with Crippen molar-refractivity contribution >= 4 is 24.1 Å². The molecule has 0 saturated carbocycles. The highest BCUT2D eigenvalue weighted by Gasteiger charge is 2.03. The summed E-state index contributed by atoms with van der Waals surface area (Å²) in [6, 6.07) is 11.3. The van der Waals surface area contributed by atoms with Crippen LogP contribution in [0.3, 0.4) is 0 Å². The SMILES string of the molecule is COc1cc(C=CC(=O)O)ccc1O.COc1cccc(C=C(O)C(=O)O)c1. The minimum atomic E-state index is -1.35. The van der Waals surface area contributed by atoms with E-state index in [9.17, 15) is 14.7 Å². The van der Waals surface area contributed by atoms with Gasteiger partial charge in [-0.3, -0.25) is 0 Å². The fourth-order valence-electron chi connectivity index (χ4n) is 1.92. The standard InChI is InChI=1S/2C10H10O4/c1-14-9-6-7(2-4-8(9)11)3-5-10(12)13;1-14-8-4-2-3-7(5-8)6-9(11)10(12)13/h2*2-6,11H,1H3,(H,12,13). The number of methoxy groups -OCH3 is 2. The zero-order chi connectivity index (χ0) is 21.1. The molecule has 0 amide bonds. The highest BCUT2D eigenvalue weighted by molar-refractivity contribution is 5.89. The van der Waals surface area contributed by atoms with Crippen molar-refractivity contribution < 1.29 is 39.5 Å². The van der Waals surface area contributed by atoms with Crippen molar-refractivity contribution in [2.75, 3.05) is 14.2 Å². The van der Waals surface area contributed by atoms with E-state index in [2.05, 4.69) is 0 Å². The maximum atomic E-state index is 10.3. The largest absolute Gasteiger partial charge is 0.504 e.